The summed E-state index contributed by atoms with van der Waals surface area (Å²) in [5, 5.41) is 10.5. The van der Waals surface area contributed by atoms with E-state index in [0.29, 0.717) is 17.9 Å². The zero-order chi connectivity index (χ0) is 25.3. The van der Waals surface area contributed by atoms with Crippen LogP contribution in [0, 0.1) is 23.0 Å². The first kappa shape index (κ1) is 24.4. The molecule has 1 aliphatic carbocycles. The van der Waals surface area contributed by atoms with Crippen molar-refractivity contribution in [3.8, 4) is 23.4 Å². The summed E-state index contributed by atoms with van der Waals surface area (Å²) in [6.45, 7) is 3.37. The lowest BCUT2D eigenvalue weighted by Gasteiger charge is -2.50. The van der Waals surface area contributed by atoms with Crippen LogP contribution < -0.4 is 16.0 Å². The van der Waals surface area contributed by atoms with Crippen LogP contribution in [-0.4, -0.2) is 43.7 Å². The highest BCUT2D eigenvalue weighted by Crippen LogP contribution is 2.45. The largest absolute Gasteiger partial charge is 0.364 e. The monoisotopic (exact) mass is 488 g/mol. The highest BCUT2D eigenvalue weighted by molar-refractivity contribution is 5.70. The maximum Gasteiger partial charge on any atom is 0.252 e. The van der Waals surface area contributed by atoms with E-state index in [0.717, 1.165) is 12.1 Å². The van der Waals surface area contributed by atoms with Crippen molar-refractivity contribution in [2.24, 2.45) is 5.73 Å². The third-order valence-corrected chi connectivity index (χ3v) is 6.00. The number of fused-ring (bicyclic) bond motifs is 1. The van der Waals surface area contributed by atoms with Gasteiger partial charge >= 0.3 is 0 Å². The molecule has 1 saturated carbocycles. The van der Waals surface area contributed by atoms with Crippen molar-refractivity contribution in [2.45, 2.75) is 57.3 Å². The van der Waals surface area contributed by atoms with Crippen molar-refractivity contribution in [1.82, 2.24) is 19.5 Å². The van der Waals surface area contributed by atoms with Crippen molar-refractivity contribution in [3.05, 3.63) is 48.4 Å². The number of rotatable bonds is 4. The fourth-order valence-corrected chi connectivity index (χ4v) is 4.44. The first-order valence-corrected chi connectivity index (χ1v) is 11.0. The Morgan fingerprint density at radius 2 is 1.97 bits per heavy atom. The molecule has 1 aliphatic heterocycles. The van der Waals surface area contributed by atoms with Crippen molar-refractivity contribution >= 4 is 11.5 Å². The second-order valence-corrected chi connectivity index (χ2v) is 8.35. The molecule has 3 aromatic rings. The van der Waals surface area contributed by atoms with Crippen LogP contribution in [0.1, 0.15) is 33.1 Å². The van der Waals surface area contributed by atoms with Crippen molar-refractivity contribution in [1.29, 1.82) is 5.26 Å². The van der Waals surface area contributed by atoms with E-state index in [-0.39, 0.29) is 36.2 Å². The van der Waals surface area contributed by atoms with Crippen molar-refractivity contribution in [3.63, 3.8) is 0 Å². The van der Waals surface area contributed by atoms with E-state index in [1.165, 1.54) is 30.0 Å². The molecule has 1 fully saturated rings. The minimum Gasteiger partial charge on any atom is -0.364 e. The molecule has 3 heterocycles. The number of hydrogen-bond acceptors (Lipinski definition) is 7. The number of benzene rings is 1. The Labute approximate surface area is 199 Å². The second-order valence-electron chi connectivity index (χ2n) is 8.35. The molecule has 184 valence electrons. The maximum absolute atomic E-state index is 14.4. The predicted molar refractivity (Wildman–Crippen MR) is 122 cm³/mol. The topological polar surface area (TPSA) is 109 Å². The van der Waals surface area contributed by atoms with E-state index < -0.39 is 29.8 Å². The number of nitrogens with two attached hydrogens (primary N) is 1. The van der Waals surface area contributed by atoms with Crippen LogP contribution in [0.25, 0.3) is 17.3 Å². The molecule has 1 aromatic carbocycles. The lowest BCUT2D eigenvalue weighted by Crippen LogP contribution is -2.63. The standard InChI is InChI=1S/C21H21F4N7.C2H3N/c1-2-16-17(26)29-15-10-28-20(30-19(15)32(16)12-8-21(24,25)9-12)31-6-5-27-18(31)13-4-3-11(22)7-14(13)23;1-2-3/h3-7,10,12,16-17,29H,2,8-9,26H2,1H3;1H3/t16-,17?;/m1./s1. The third-order valence-electron chi connectivity index (χ3n) is 6.00. The number of nitrogens with one attached hydrogen (secondary N) is 1. The molecule has 0 bridgehead atoms. The van der Waals surface area contributed by atoms with Crippen LogP contribution in [0.15, 0.2) is 36.8 Å². The second kappa shape index (κ2) is 9.50. The van der Waals surface area contributed by atoms with E-state index in [1.54, 1.807) is 12.3 Å². The number of aromatic nitrogens is 4. The zero-order valence-corrected chi connectivity index (χ0v) is 19.1. The Bertz CT molecular complexity index is 1250. The number of anilines is 2. The normalized spacial score (nSPS) is 20.6. The minimum atomic E-state index is -2.70. The molecule has 0 spiro atoms. The van der Waals surface area contributed by atoms with Crippen LogP contribution in [0.4, 0.5) is 29.1 Å². The maximum atomic E-state index is 14.4. The van der Waals surface area contributed by atoms with Gasteiger partial charge in [0.05, 0.1) is 35.7 Å². The summed E-state index contributed by atoms with van der Waals surface area (Å²) in [6, 6.07) is 4.32. The SMILES string of the molecule is CC#N.CC[C@@H]1C(N)Nc2cnc(-n3ccnc3-c3ccc(F)cc3F)nc2N1C1CC(F)(F)C1. The molecule has 5 rings (SSSR count). The van der Waals surface area contributed by atoms with Gasteiger partial charge in [-0.1, -0.05) is 6.92 Å². The average Bonchev–Trinajstić information content (AvgIpc) is 3.26. The highest BCUT2D eigenvalue weighted by atomic mass is 19.3. The van der Waals surface area contributed by atoms with Gasteiger partial charge < -0.3 is 16.0 Å². The van der Waals surface area contributed by atoms with Gasteiger partial charge in [0.25, 0.3) is 5.92 Å². The number of hydrogen-bond donors (Lipinski definition) is 2. The highest BCUT2D eigenvalue weighted by Gasteiger charge is 2.51. The van der Waals surface area contributed by atoms with Crippen molar-refractivity contribution < 1.29 is 17.6 Å². The van der Waals surface area contributed by atoms with Gasteiger partial charge in [-0.25, -0.2) is 27.5 Å². The van der Waals surface area contributed by atoms with Gasteiger partial charge in [0, 0.05) is 44.3 Å². The van der Waals surface area contributed by atoms with Crippen LogP contribution in [0.3, 0.4) is 0 Å². The predicted octanol–water partition coefficient (Wildman–Crippen LogP) is 4.23. The molecule has 35 heavy (non-hydrogen) atoms. The smallest absolute Gasteiger partial charge is 0.252 e. The molecular formula is C23H24F4N8. The quantitative estimate of drug-likeness (QED) is 0.529. The first-order chi connectivity index (χ1) is 16.7. The van der Waals surface area contributed by atoms with Gasteiger partial charge in [-0.15, -0.1) is 0 Å². The summed E-state index contributed by atoms with van der Waals surface area (Å²) in [5.41, 5.74) is 6.88. The third kappa shape index (κ3) is 4.64. The van der Waals surface area contributed by atoms with Gasteiger partial charge in [0.15, 0.2) is 5.82 Å². The number of nitriles is 1. The van der Waals surface area contributed by atoms with E-state index in [2.05, 4.69) is 20.3 Å². The Balaban J connectivity index is 0.000000917. The van der Waals surface area contributed by atoms with Crippen LogP contribution in [0.5, 0.6) is 0 Å². The molecule has 1 unspecified atom stereocenters. The van der Waals surface area contributed by atoms with E-state index in [9.17, 15) is 17.6 Å². The summed E-state index contributed by atoms with van der Waals surface area (Å²) in [6.07, 6.45) is 4.16. The van der Waals surface area contributed by atoms with Crippen LogP contribution in [0.2, 0.25) is 0 Å². The van der Waals surface area contributed by atoms with Gasteiger partial charge in [-0.3, -0.25) is 4.57 Å². The number of alkyl halides is 2. The summed E-state index contributed by atoms with van der Waals surface area (Å²) in [7, 11) is 0. The van der Waals surface area contributed by atoms with Gasteiger partial charge in [0.1, 0.15) is 17.5 Å². The summed E-state index contributed by atoms with van der Waals surface area (Å²) >= 11 is 0. The summed E-state index contributed by atoms with van der Waals surface area (Å²) < 4.78 is 56.6. The Kier molecular flexibility index (Phi) is 6.62. The summed E-state index contributed by atoms with van der Waals surface area (Å²) in [5.74, 6) is -3.34. The first-order valence-electron chi connectivity index (χ1n) is 11.0. The van der Waals surface area contributed by atoms with Gasteiger partial charge in [-0.2, -0.15) is 10.2 Å². The zero-order valence-electron chi connectivity index (χ0n) is 19.1. The number of halogens is 4. The fourth-order valence-electron chi connectivity index (χ4n) is 4.44. The molecule has 8 nitrogen and oxygen atoms in total. The Morgan fingerprint density at radius 3 is 2.60 bits per heavy atom. The minimum absolute atomic E-state index is 0.0831. The van der Waals surface area contributed by atoms with E-state index in [4.69, 9.17) is 11.0 Å². The molecule has 3 N–H and O–H groups in total. The lowest BCUT2D eigenvalue weighted by molar-refractivity contribution is -0.0878. The fraction of sp³-hybridized carbons (Fsp3) is 0.391. The molecule has 2 aromatic heterocycles. The Morgan fingerprint density at radius 1 is 1.26 bits per heavy atom. The molecule has 0 amide bonds. The molecule has 0 radical (unpaired) electrons. The molecule has 12 heteroatoms. The molecule has 2 aliphatic rings. The number of imidazole rings is 1. The van der Waals surface area contributed by atoms with Gasteiger partial charge in [-0.05, 0) is 18.6 Å². The van der Waals surface area contributed by atoms with Crippen LogP contribution >= 0.6 is 0 Å². The van der Waals surface area contributed by atoms with E-state index >= 15 is 0 Å². The molecule has 2 atom stereocenters. The van der Waals surface area contributed by atoms with E-state index in [1.807, 2.05) is 11.8 Å². The Hall–Kier alpha value is -3.72. The lowest BCUT2D eigenvalue weighted by atomic mass is 9.84. The summed E-state index contributed by atoms with van der Waals surface area (Å²) in [4.78, 5) is 15.0. The van der Waals surface area contributed by atoms with Crippen molar-refractivity contribution in [2.75, 3.05) is 10.2 Å². The molecule has 0 saturated heterocycles. The molecular weight excluding hydrogens is 464 g/mol. The number of nitrogens with zero attached hydrogens (tertiary/aromatic N) is 6. The van der Waals surface area contributed by atoms with Gasteiger partial charge in [0.2, 0.25) is 5.95 Å². The average molecular weight is 488 g/mol. The van der Waals surface area contributed by atoms with Crippen LogP contribution in [-0.2, 0) is 0 Å².